The third-order valence-electron chi connectivity index (χ3n) is 4.88. The number of benzene rings is 1. The molecule has 1 aromatic heterocycles. The summed E-state index contributed by atoms with van der Waals surface area (Å²) in [6.45, 7) is 6.91. The summed E-state index contributed by atoms with van der Waals surface area (Å²) in [7, 11) is -1.83. The number of hydrogen-bond donors (Lipinski definition) is 1. The van der Waals surface area contributed by atoms with Crippen LogP contribution >= 0.6 is 0 Å². The van der Waals surface area contributed by atoms with Crippen molar-refractivity contribution in [3.05, 3.63) is 46.8 Å². The normalized spacial score (nSPS) is 15.8. The summed E-state index contributed by atoms with van der Waals surface area (Å²) >= 11 is 0. The van der Waals surface area contributed by atoms with E-state index in [1.807, 2.05) is 18.2 Å². The highest BCUT2D eigenvalue weighted by Crippen LogP contribution is 2.20. The maximum Gasteiger partial charge on any atom is 0.244 e. The molecule has 1 aromatic carbocycles. The van der Waals surface area contributed by atoms with Crippen LogP contribution in [0.2, 0.25) is 0 Å². The summed E-state index contributed by atoms with van der Waals surface area (Å²) in [4.78, 5) is 2.70. The Labute approximate surface area is 149 Å². The molecule has 1 N–H and O–H groups in total. The molecule has 0 radical (unpaired) electrons. The van der Waals surface area contributed by atoms with Gasteiger partial charge in [0.25, 0.3) is 0 Å². The second-order valence-corrected chi connectivity index (χ2v) is 8.40. The first-order valence-electron chi connectivity index (χ1n) is 8.67. The molecule has 2 aromatic rings. The van der Waals surface area contributed by atoms with Crippen molar-refractivity contribution in [2.24, 2.45) is 7.05 Å². The average molecular weight is 362 g/mol. The van der Waals surface area contributed by atoms with Gasteiger partial charge in [0.15, 0.2) is 0 Å². The van der Waals surface area contributed by atoms with E-state index in [0.29, 0.717) is 17.9 Å². The number of sulfonamides is 1. The zero-order valence-electron chi connectivity index (χ0n) is 15.1. The number of rotatable bonds is 6. The van der Waals surface area contributed by atoms with Crippen LogP contribution < -0.4 is 4.72 Å². The Morgan fingerprint density at radius 1 is 1.12 bits per heavy atom. The van der Waals surface area contributed by atoms with Gasteiger partial charge < -0.3 is 0 Å². The van der Waals surface area contributed by atoms with Gasteiger partial charge in [-0.1, -0.05) is 24.3 Å². The van der Waals surface area contributed by atoms with Gasteiger partial charge in [0.05, 0.1) is 11.4 Å². The van der Waals surface area contributed by atoms with Gasteiger partial charge in [-0.25, -0.2) is 13.1 Å². The molecule has 0 amide bonds. The predicted molar refractivity (Wildman–Crippen MR) is 97.7 cm³/mol. The first kappa shape index (κ1) is 18.1. The van der Waals surface area contributed by atoms with Crippen molar-refractivity contribution >= 4 is 10.0 Å². The van der Waals surface area contributed by atoms with Crippen LogP contribution in [-0.4, -0.2) is 36.2 Å². The molecule has 3 rings (SSSR count). The van der Waals surface area contributed by atoms with Crippen molar-refractivity contribution in [2.75, 3.05) is 13.1 Å². The minimum absolute atomic E-state index is 0.284. The highest BCUT2D eigenvalue weighted by atomic mass is 32.2. The van der Waals surface area contributed by atoms with Gasteiger partial charge in [-0.15, -0.1) is 0 Å². The highest BCUT2D eigenvalue weighted by molar-refractivity contribution is 7.89. The molecule has 1 fully saturated rings. The largest absolute Gasteiger partial charge is 0.299 e. The molecule has 0 saturated carbocycles. The van der Waals surface area contributed by atoms with E-state index >= 15 is 0 Å². The molecular formula is C18H26N4O2S. The second kappa shape index (κ2) is 7.27. The summed E-state index contributed by atoms with van der Waals surface area (Å²) in [6, 6.07) is 8.05. The Morgan fingerprint density at radius 3 is 2.36 bits per heavy atom. The summed E-state index contributed by atoms with van der Waals surface area (Å²) < 4.78 is 29.8. The molecule has 0 aliphatic carbocycles. The van der Waals surface area contributed by atoms with Crippen LogP contribution in [0.3, 0.4) is 0 Å². The van der Waals surface area contributed by atoms with Crippen LogP contribution in [0.1, 0.15) is 35.4 Å². The van der Waals surface area contributed by atoms with E-state index in [-0.39, 0.29) is 4.90 Å². The van der Waals surface area contributed by atoms with E-state index in [1.54, 1.807) is 25.6 Å². The van der Waals surface area contributed by atoms with Crippen LogP contribution in [-0.2, 0) is 30.2 Å². The Bertz CT molecular complexity index is 852. The fourth-order valence-electron chi connectivity index (χ4n) is 3.45. The lowest BCUT2D eigenvalue weighted by Crippen LogP contribution is -2.26. The molecule has 25 heavy (non-hydrogen) atoms. The summed E-state index contributed by atoms with van der Waals surface area (Å²) in [5, 5.41) is 4.21. The van der Waals surface area contributed by atoms with E-state index in [9.17, 15) is 8.42 Å². The summed E-state index contributed by atoms with van der Waals surface area (Å²) in [6.07, 6.45) is 2.49. The van der Waals surface area contributed by atoms with Crippen LogP contribution in [0.4, 0.5) is 0 Å². The minimum atomic E-state index is -3.59. The molecule has 6 nitrogen and oxygen atoms in total. The van der Waals surface area contributed by atoms with Gasteiger partial charge in [-0.05, 0) is 50.9 Å². The van der Waals surface area contributed by atoms with E-state index in [1.165, 1.54) is 18.4 Å². The number of hydrogen-bond acceptors (Lipinski definition) is 4. The molecule has 1 aliphatic rings. The second-order valence-electron chi connectivity index (χ2n) is 6.70. The van der Waals surface area contributed by atoms with Gasteiger partial charge in [-0.3, -0.25) is 9.58 Å². The number of aryl methyl sites for hydroxylation is 2. The topological polar surface area (TPSA) is 67.2 Å². The average Bonchev–Trinajstić information content (AvgIpc) is 3.15. The Balaban J connectivity index is 1.77. The molecule has 7 heteroatoms. The molecule has 1 aliphatic heterocycles. The molecular weight excluding hydrogens is 336 g/mol. The smallest absolute Gasteiger partial charge is 0.244 e. The fourth-order valence-corrected chi connectivity index (χ4v) is 4.89. The Hall–Kier alpha value is -1.70. The standard InChI is InChI=1S/C18H26N4O2S/c1-14-18(15(2)21(3)20-14)25(23,24)19-12-16-8-4-5-9-17(16)13-22-10-6-7-11-22/h4-5,8-9,19H,6-7,10-13H2,1-3H3. The molecule has 0 bridgehead atoms. The van der Waals surface area contributed by atoms with Crippen molar-refractivity contribution < 1.29 is 8.42 Å². The van der Waals surface area contributed by atoms with E-state index < -0.39 is 10.0 Å². The van der Waals surface area contributed by atoms with E-state index in [4.69, 9.17) is 0 Å². The summed E-state index contributed by atoms with van der Waals surface area (Å²) in [5.74, 6) is 0. The van der Waals surface area contributed by atoms with Gasteiger partial charge in [0.2, 0.25) is 10.0 Å². The Morgan fingerprint density at radius 2 is 1.76 bits per heavy atom. The molecule has 0 spiro atoms. The Kier molecular flexibility index (Phi) is 5.27. The van der Waals surface area contributed by atoms with E-state index in [2.05, 4.69) is 20.8 Å². The molecule has 1 saturated heterocycles. The number of likely N-dealkylation sites (tertiary alicyclic amines) is 1. The maximum absolute atomic E-state index is 12.7. The van der Waals surface area contributed by atoms with Gasteiger partial charge in [-0.2, -0.15) is 5.10 Å². The fraction of sp³-hybridized carbons (Fsp3) is 0.500. The third kappa shape index (κ3) is 3.94. The number of nitrogens with one attached hydrogen (secondary N) is 1. The molecule has 2 heterocycles. The van der Waals surface area contributed by atoms with Crippen LogP contribution in [0.25, 0.3) is 0 Å². The summed E-state index contributed by atoms with van der Waals surface area (Å²) in [5.41, 5.74) is 3.39. The lowest BCUT2D eigenvalue weighted by molar-refractivity contribution is 0.330. The van der Waals surface area contributed by atoms with E-state index in [0.717, 1.165) is 25.2 Å². The maximum atomic E-state index is 12.7. The number of aromatic nitrogens is 2. The quantitative estimate of drug-likeness (QED) is 0.855. The SMILES string of the molecule is Cc1nn(C)c(C)c1S(=O)(=O)NCc1ccccc1CN1CCCC1. The monoisotopic (exact) mass is 362 g/mol. The third-order valence-corrected chi connectivity index (χ3v) is 6.53. The minimum Gasteiger partial charge on any atom is -0.299 e. The van der Waals surface area contributed by atoms with Gasteiger partial charge in [0.1, 0.15) is 4.90 Å². The molecule has 136 valence electrons. The van der Waals surface area contributed by atoms with Crippen molar-refractivity contribution in [1.29, 1.82) is 0 Å². The van der Waals surface area contributed by atoms with Crippen molar-refractivity contribution in [2.45, 2.75) is 44.7 Å². The number of nitrogens with zero attached hydrogens (tertiary/aromatic N) is 3. The van der Waals surface area contributed by atoms with Gasteiger partial charge in [0, 0.05) is 20.1 Å². The highest BCUT2D eigenvalue weighted by Gasteiger charge is 2.24. The van der Waals surface area contributed by atoms with Crippen LogP contribution in [0, 0.1) is 13.8 Å². The van der Waals surface area contributed by atoms with Gasteiger partial charge >= 0.3 is 0 Å². The molecule has 0 unspecified atom stereocenters. The van der Waals surface area contributed by atoms with Crippen LogP contribution in [0.15, 0.2) is 29.2 Å². The van der Waals surface area contributed by atoms with Crippen molar-refractivity contribution in [3.63, 3.8) is 0 Å². The molecule has 0 atom stereocenters. The lowest BCUT2D eigenvalue weighted by atomic mass is 10.1. The lowest BCUT2D eigenvalue weighted by Gasteiger charge is -2.17. The zero-order valence-corrected chi connectivity index (χ0v) is 15.9. The van der Waals surface area contributed by atoms with Crippen molar-refractivity contribution in [3.8, 4) is 0 Å². The van der Waals surface area contributed by atoms with Crippen LogP contribution in [0.5, 0.6) is 0 Å². The first-order valence-corrected chi connectivity index (χ1v) is 10.2. The predicted octanol–water partition coefficient (Wildman–Crippen LogP) is 2.11. The first-order chi connectivity index (χ1) is 11.9. The van der Waals surface area contributed by atoms with Crippen molar-refractivity contribution in [1.82, 2.24) is 19.4 Å². The zero-order chi connectivity index (χ0) is 18.0.